The van der Waals surface area contributed by atoms with Crippen LogP contribution < -0.4 is 10.0 Å². The lowest BCUT2D eigenvalue weighted by Gasteiger charge is -2.22. The second kappa shape index (κ2) is 10.5. The molecule has 0 saturated carbocycles. The lowest BCUT2D eigenvalue weighted by molar-refractivity contribution is -0.118. The highest BCUT2D eigenvalue weighted by molar-refractivity contribution is 7.98. The maximum atomic E-state index is 13.5. The summed E-state index contributed by atoms with van der Waals surface area (Å²) in [6.45, 7) is 7.59. The largest absolute Gasteiger partial charge is 0.325 e. The summed E-state index contributed by atoms with van der Waals surface area (Å²) in [5, 5.41) is 2.85. The molecule has 1 unspecified atom stereocenters. The van der Waals surface area contributed by atoms with Crippen molar-refractivity contribution in [3.8, 4) is 0 Å². The highest BCUT2D eigenvalue weighted by Gasteiger charge is 2.25. The molecule has 0 aliphatic heterocycles. The third-order valence-corrected chi connectivity index (χ3v) is 7.62. The quantitative estimate of drug-likeness (QED) is 0.405. The first kappa shape index (κ1) is 25.0. The minimum absolute atomic E-state index is 0.102. The molecule has 0 radical (unpaired) electrons. The zero-order chi connectivity index (χ0) is 24.2. The third-order valence-electron chi connectivity index (χ3n) is 5.41. The van der Waals surface area contributed by atoms with E-state index >= 15 is 0 Å². The highest BCUT2D eigenvalue weighted by Crippen LogP contribution is 2.31. The maximum absolute atomic E-state index is 13.5. The lowest BCUT2D eigenvalue weighted by atomic mass is 9.95. The molecule has 0 aromatic heterocycles. The summed E-state index contributed by atoms with van der Waals surface area (Å²) in [5.41, 5.74) is 4.36. The number of hydrogen-bond donors (Lipinski definition) is 2. The lowest BCUT2D eigenvalue weighted by Crippen LogP contribution is -2.30. The molecule has 0 fully saturated rings. The van der Waals surface area contributed by atoms with Crippen molar-refractivity contribution >= 4 is 33.4 Å². The van der Waals surface area contributed by atoms with Crippen LogP contribution in [0.2, 0.25) is 0 Å². The summed E-state index contributed by atoms with van der Waals surface area (Å²) in [6.07, 6.45) is 1.89. The smallest absolute Gasteiger partial charge is 0.241 e. The SMILES string of the molecule is CSc1ccc(S(=O)(=O)NC(c2ccccc2)c2ccc(C)cc2C)cc1NC(=O)C(C)C. The van der Waals surface area contributed by atoms with Crippen LogP contribution >= 0.6 is 11.8 Å². The van der Waals surface area contributed by atoms with Gasteiger partial charge in [0.1, 0.15) is 0 Å². The molecule has 7 heteroatoms. The van der Waals surface area contributed by atoms with Crippen LogP contribution in [0.25, 0.3) is 0 Å². The van der Waals surface area contributed by atoms with E-state index < -0.39 is 16.1 Å². The monoisotopic (exact) mass is 482 g/mol. The number of rotatable bonds is 8. The molecule has 1 atom stereocenters. The maximum Gasteiger partial charge on any atom is 0.241 e. The van der Waals surface area contributed by atoms with Crippen molar-refractivity contribution < 1.29 is 13.2 Å². The van der Waals surface area contributed by atoms with Crippen molar-refractivity contribution in [2.75, 3.05) is 11.6 Å². The van der Waals surface area contributed by atoms with E-state index in [0.29, 0.717) is 5.69 Å². The van der Waals surface area contributed by atoms with Gasteiger partial charge in [0.15, 0.2) is 0 Å². The van der Waals surface area contributed by atoms with E-state index in [9.17, 15) is 13.2 Å². The predicted octanol–water partition coefficient (Wildman–Crippen LogP) is 5.69. The van der Waals surface area contributed by atoms with Gasteiger partial charge in [-0.2, -0.15) is 4.72 Å². The number of sulfonamides is 1. The summed E-state index contributed by atoms with van der Waals surface area (Å²) >= 11 is 1.45. The van der Waals surface area contributed by atoms with Crippen LogP contribution in [0.4, 0.5) is 5.69 Å². The second-order valence-electron chi connectivity index (χ2n) is 8.33. The van der Waals surface area contributed by atoms with Gasteiger partial charge in [0.2, 0.25) is 15.9 Å². The third kappa shape index (κ3) is 6.05. The van der Waals surface area contributed by atoms with Crippen LogP contribution in [0, 0.1) is 19.8 Å². The molecule has 174 valence electrons. The van der Waals surface area contributed by atoms with Gasteiger partial charge in [-0.25, -0.2) is 8.42 Å². The number of carbonyl (C=O) groups is 1. The van der Waals surface area contributed by atoms with Crippen LogP contribution in [0.1, 0.15) is 42.1 Å². The molecule has 0 spiro atoms. The average molecular weight is 483 g/mol. The van der Waals surface area contributed by atoms with Gasteiger partial charge in [-0.3, -0.25) is 4.79 Å². The Bertz CT molecular complexity index is 1240. The molecule has 0 aliphatic carbocycles. The molecule has 0 bridgehead atoms. The summed E-state index contributed by atoms with van der Waals surface area (Å²) in [5.74, 6) is -0.379. The van der Waals surface area contributed by atoms with E-state index in [0.717, 1.165) is 27.1 Å². The number of nitrogens with one attached hydrogen (secondary N) is 2. The predicted molar refractivity (Wildman–Crippen MR) is 136 cm³/mol. The average Bonchev–Trinajstić information content (AvgIpc) is 2.78. The van der Waals surface area contributed by atoms with Gasteiger partial charge in [0.25, 0.3) is 0 Å². The first-order chi connectivity index (χ1) is 15.6. The Hall–Kier alpha value is -2.61. The van der Waals surface area contributed by atoms with Gasteiger partial charge in [-0.05, 0) is 55.0 Å². The molecule has 0 aliphatic rings. The topological polar surface area (TPSA) is 75.3 Å². The van der Waals surface area contributed by atoms with Gasteiger partial charge in [0, 0.05) is 10.8 Å². The Kier molecular flexibility index (Phi) is 8.00. The number of benzene rings is 3. The molecule has 2 N–H and O–H groups in total. The highest BCUT2D eigenvalue weighted by atomic mass is 32.2. The van der Waals surface area contributed by atoms with Crippen LogP contribution in [-0.2, 0) is 14.8 Å². The molecule has 3 rings (SSSR count). The Morgan fingerprint density at radius 1 is 0.939 bits per heavy atom. The fourth-order valence-electron chi connectivity index (χ4n) is 3.56. The fraction of sp³-hybridized carbons (Fsp3) is 0.269. The van der Waals surface area contributed by atoms with E-state index in [1.165, 1.54) is 17.8 Å². The van der Waals surface area contributed by atoms with Crippen molar-refractivity contribution in [2.45, 2.75) is 43.5 Å². The van der Waals surface area contributed by atoms with Crippen molar-refractivity contribution in [2.24, 2.45) is 5.92 Å². The van der Waals surface area contributed by atoms with Gasteiger partial charge >= 0.3 is 0 Å². The molecule has 0 heterocycles. The van der Waals surface area contributed by atoms with Crippen molar-refractivity contribution in [1.29, 1.82) is 0 Å². The molecular formula is C26H30N2O3S2. The van der Waals surface area contributed by atoms with Crippen LogP contribution in [-0.4, -0.2) is 20.6 Å². The molecule has 5 nitrogen and oxygen atoms in total. The van der Waals surface area contributed by atoms with Crippen LogP contribution in [0.15, 0.2) is 76.5 Å². The first-order valence-corrected chi connectivity index (χ1v) is 13.5. The Morgan fingerprint density at radius 3 is 2.24 bits per heavy atom. The van der Waals surface area contributed by atoms with Crippen molar-refractivity contribution in [1.82, 2.24) is 4.72 Å². The van der Waals surface area contributed by atoms with Gasteiger partial charge < -0.3 is 5.32 Å². The number of aryl methyl sites for hydroxylation is 2. The number of thioether (sulfide) groups is 1. The summed E-state index contributed by atoms with van der Waals surface area (Å²) in [6, 6.07) is 19.8. The van der Waals surface area contributed by atoms with E-state index in [2.05, 4.69) is 10.0 Å². The van der Waals surface area contributed by atoms with Crippen molar-refractivity contribution in [3.63, 3.8) is 0 Å². The Labute approximate surface area is 201 Å². The number of hydrogen-bond acceptors (Lipinski definition) is 4. The normalized spacial score (nSPS) is 12.5. The van der Waals surface area contributed by atoms with E-state index in [-0.39, 0.29) is 16.7 Å². The van der Waals surface area contributed by atoms with Crippen LogP contribution in [0.3, 0.4) is 0 Å². The molecule has 3 aromatic rings. The second-order valence-corrected chi connectivity index (χ2v) is 10.9. The molecule has 0 saturated heterocycles. The van der Waals surface area contributed by atoms with Gasteiger partial charge in [0.05, 0.1) is 16.6 Å². The zero-order valence-corrected chi connectivity index (χ0v) is 21.2. The molecule has 1 amide bonds. The summed E-state index contributed by atoms with van der Waals surface area (Å²) in [7, 11) is -3.90. The minimum atomic E-state index is -3.90. The van der Waals surface area contributed by atoms with Gasteiger partial charge in [-0.1, -0.05) is 67.9 Å². The zero-order valence-electron chi connectivity index (χ0n) is 19.5. The van der Waals surface area contributed by atoms with Gasteiger partial charge in [-0.15, -0.1) is 11.8 Å². The standard InChI is InChI=1S/C26H30N2O3S2/c1-17(2)26(29)27-23-16-21(12-14-24(23)32-5)33(30,31)28-25(20-9-7-6-8-10-20)22-13-11-18(3)15-19(22)4/h6-17,25,28H,1-5H3,(H,27,29). The minimum Gasteiger partial charge on any atom is -0.325 e. The first-order valence-electron chi connectivity index (χ1n) is 10.8. The van der Waals surface area contributed by atoms with E-state index in [1.807, 2.05) is 68.6 Å². The van der Waals surface area contributed by atoms with E-state index in [1.54, 1.807) is 26.0 Å². The van der Waals surface area contributed by atoms with E-state index in [4.69, 9.17) is 0 Å². The number of anilines is 1. The Balaban J connectivity index is 2.03. The van der Waals surface area contributed by atoms with Crippen LogP contribution in [0.5, 0.6) is 0 Å². The summed E-state index contributed by atoms with van der Waals surface area (Å²) in [4.78, 5) is 13.2. The molecule has 33 heavy (non-hydrogen) atoms. The Morgan fingerprint density at radius 2 is 1.64 bits per heavy atom. The summed E-state index contributed by atoms with van der Waals surface area (Å²) < 4.78 is 29.9. The molecule has 3 aromatic carbocycles. The van der Waals surface area contributed by atoms with Crippen molar-refractivity contribution in [3.05, 3.63) is 89.0 Å². The molecular weight excluding hydrogens is 452 g/mol. The fourth-order valence-corrected chi connectivity index (χ4v) is 5.32. The number of amides is 1. The number of carbonyl (C=O) groups excluding carboxylic acids is 1.